The summed E-state index contributed by atoms with van der Waals surface area (Å²) in [6, 6.07) is 19.7. The second kappa shape index (κ2) is 6.96. The zero-order chi connectivity index (χ0) is 17.9. The molecule has 3 aromatic rings. The van der Waals surface area contributed by atoms with Gasteiger partial charge in [-0.25, -0.2) is 9.97 Å². The Morgan fingerprint density at radius 1 is 1.00 bits per heavy atom. The van der Waals surface area contributed by atoms with E-state index in [1.807, 2.05) is 30.3 Å². The summed E-state index contributed by atoms with van der Waals surface area (Å²) in [5.74, 6) is 0.462. The van der Waals surface area contributed by atoms with Crippen LogP contribution in [0.5, 0.6) is 0 Å². The van der Waals surface area contributed by atoms with E-state index in [0.717, 1.165) is 25.2 Å². The third-order valence-corrected chi connectivity index (χ3v) is 4.72. The normalized spacial score (nSPS) is 13.2. The lowest BCUT2D eigenvalue weighted by Gasteiger charge is -2.29. The number of carbonyl (C=O) groups is 1. The molecule has 1 aliphatic heterocycles. The number of nitrogens with zero attached hydrogens (tertiary/aromatic N) is 4. The molecule has 1 aromatic heterocycles. The number of para-hydroxylation sites is 1. The molecule has 2 aromatic carbocycles. The standard InChI is InChI=1S/C21H20N4O/c1-24(18-9-3-2-4-10-18)20(26)19-11-13-22-21(23-19)25-14-12-16-7-5-6-8-17(16)15-25/h2-11,13H,12,14-15H2,1H3. The first kappa shape index (κ1) is 16.3. The summed E-state index contributed by atoms with van der Waals surface area (Å²) in [6.07, 6.45) is 2.62. The molecule has 0 radical (unpaired) electrons. The summed E-state index contributed by atoms with van der Waals surface area (Å²) in [5, 5.41) is 0. The van der Waals surface area contributed by atoms with Gasteiger partial charge in [0.05, 0.1) is 0 Å². The first-order valence-electron chi connectivity index (χ1n) is 8.70. The Labute approximate surface area is 152 Å². The monoisotopic (exact) mass is 344 g/mol. The van der Waals surface area contributed by atoms with Gasteiger partial charge in [-0.05, 0) is 35.7 Å². The van der Waals surface area contributed by atoms with Gasteiger partial charge in [0.2, 0.25) is 5.95 Å². The van der Waals surface area contributed by atoms with Crippen molar-refractivity contribution in [3.63, 3.8) is 0 Å². The van der Waals surface area contributed by atoms with Crippen LogP contribution >= 0.6 is 0 Å². The SMILES string of the molecule is CN(C(=O)c1ccnc(N2CCc3ccccc3C2)n1)c1ccccc1. The maximum Gasteiger partial charge on any atom is 0.276 e. The Hall–Kier alpha value is -3.21. The van der Waals surface area contributed by atoms with Crippen molar-refractivity contribution in [3.05, 3.63) is 83.7 Å². The second-order valence-corrected chi connectivity index (χ2v) is 6.38. The first-order chi connectivity index (χ1) is 12.7. The number of amides is 1. The van der Waals surface area contributed by atoms with Gasteiger partial charge in [0.25, 0.3) is 5.91 Å². The maximum atomic E-state index is 12.8. The van der Waals surface area contributed by atoms with Gasteiger partial charge in [-0.2, -0.15) is 0 Å². The van der Waals surface area contributed by atoms with Gasteiger partial charge in [0, 0.05) is 32.0 Å². The Kier molecular flexibility index (Phi) is 4.35. The molecule has 4 rings (SSSR count). The smallest absolute Gasteiger partial charge is 0.276 e. The minimum absolute atomic E-state index is 0.141. The Morgan fingerprint density at radius 2 is 1.73 bits per heavy atom. The van der Waals surface area contributed by atoms with E-state index in [-0.39, 0.29) is 5.91 Å². The van der Waals surface area contributed by atoms with E-state index < -0.39 is 0 Å². The van der Waals surface area contributed by atoms with E-state index in [0.29, 0.717) is 11.6 Å². The van der Waals surface area contributed by atoms with E-state index in [1.165, 1.54) is 11.1 Å². The summed E-state index contributed by atoms with van der Waals surface area (Å²) in [4.78, 5) is 25.5. The molecule has 1 amide bonds. The Balaban J connectivity index is 1.57. The summed E-state index contributed by atoms with van der Waals surface area (Å²) >= 11 is 0. The number of hydrogen-bond donors (Lipinski definition) is 0. The van der Waals surface area contributed by atoms with Gasteiger partial charge in [-0.15, -0.1) is 0 Å². The maximum absolute atomic E-state index is 12.8. The molecule has 0 aliphatic carbocycles. The van der Waals surface area contributed by atoms with Crippen molar-refractivity contribution < 1.29 is 4.79 Å². The molecule has 26 heavy (non-hydrogen) atoms. The van der Waals surface area contributed by atoms with Crippen molar-refractivity contribution in [2.24, 2.45) is 0 Å². The van der Waals surface area contributed by atoms with Crippen molar-refractivity contribution in [2.45, 2.75) is 13.0 Å². The number of aromatic nitrogens is 2. The molecular formula is C21H20N4O. The number of hydrogen-bond acceptors (Lipinski definition) is 4. The fraction of sp³-hybridized carbons (Fsp3) is 0.190. The fourth-order valence-electron chi connectivity index (χ4n) is 3.23. The van der Waals surface area contributed by atoms with Crippen LogP contribution in [0.15, 0.2) is 66.9 Å². The molecule has 0 bridgehead atoms. The molecule has 0 saturated carbocycles. The van der Waals surface area contributed by atoms with Crippen LogP contribution in [-0.4, -0.2) is 29.5 Å². The van der Waals surface area contributed by atoms with Crippen LogP contribution < -0.4 is 9.80 Å². The van der Waals surface area contributed by atoms with E-state index in [1.54, 1.807) is 24.2 Å². The molecule has 130 valence electrons. The number of benzene rings is 2. The van der Waals surface area contributed by atoms with Gasteiger partial charge in [-0.1, -0.05) is 42.5 Å². The van der Waals surface area contributed by atoms with Crippen LogP contribution in [0.3, 0.4) is 0 Å². The summed E-state index contributed by atoms with van der Waals surface area (Å²) in [7, 11) is 1.76. The third kappa shape index (κ3) is 3.16. The van der Waals surface area contributed by atoms with Crippen molar-refractivity contribution in [2.75, 3.05) is 23.4 Å². The summed E-state index contributed by atoms with van der Waals surface area (Å²) < 4.78 is 0. The van der Waals surface area contributed by atoms with Crippen LogP contribution in [0.25, 0.3) is 0 Å². The molecule has 0 atom stereocenters. The lowest BCUT2D eigenvalue weighted by Crippen LogP contribution is -2.33. The molecule has 5 nitrogen and oxygen atoms in total. The van der Waals surface area contributed by atoms with E-state index in [4.69, 9.17) is 0 Å². The van der Waals surface area contributed by atoms with Gasteiger partial charge in [0.1, 0.15) is 5.69 Å². The average Bonchev–Trinajstić information content (AvgIpc) is 2.73. The number of fused-ring (bicyclic) bond motifs is 1. The topological polar surface area (TPSA) is 49.3 Å². The van der Waals surface area contributed by atoms with Gasteiger partial charge in [0.15, 0.2) is 0 Å². The third-order valence-electron chi connectivity index (χ3n) is 4.72. The van der Waals surface area contributed by atoms with Crippen LogP contribution in [0.4, 0.5) is 11.6 Å². The summed E-state index contributed by atoms with van der Waals surface area (Å²) in [6.45, 7) is 1.62. The number of rotatable bonds is 3. The van der Waals surface area contributed by atoms with Crippen molar-refractivity contribution in [3.8, 4) is 0 Å². The lowest BCUT2D eigenvalue weighted by molar-refractivity contribution is 0.0988. The Bertz CT molecular complexity index is 926. The lowest BCUT2D eigenvalue weighted by atomic mass is 10.0. The molecule has 0 unspecified atom stereocenters. The molecule has 0 fully saturated rings. The van der Waals surface area contributed by atoms with Crippen molar-refractivity contribution in [1.29, 1.82) is 0 Å². The molecule has 0 saturated heterocycles. The zero-order valence-electron chi connectivity index (χ0n) is 14.7. The molecule has 5 heteroatoms. The van der Waals surface area contributed by atoms with Crippen LogP contribution in [0.2, 0.25) is 0 Å². The average molecular weight is 344 g/mol. The highest BCUT2D eigenvalue weighted by Crippen LogP contribution is 2.22. The molecule has 2 heterocycles. The van der Waals surface area contributed by atoms with Gasteiger partial charge in [-0.3, -0.25) is 4.79 Å². The van der Waals surface area contributed by atoms with Crippen molar-refractivity contribution >= 4 is 17.5 Å². The number of anilines is 2. The minimum Gasteiger partial charge on any atom is -0.336 e. The van der Waals surface area contributed by atoms with Crippen LogP contribution in [0, 0.1) is 0 Å². The molecular weight excluding hydrogens is 324 g/mol. The van der Waals surface area contributed by atoms with Crippen LogP contribution in [-0.2, 0) is 13.0 Å². The van der Waals surface area contributed by atoms with E-state index in [2.05, 4.69) is 39.1 Å². The minimum atomic E-state index is -0.141. The van der Waals surface area contributed by atoms with E-state index >= 15 is 0 Å². The predicted molar refractivity (Wildman–Crippen MR) is 102 cm³/mol. The quantitative estimate of drug-likeness (QED) is 0.731. The molecule has 0 N–H and O–H groups in total. The van der Waals surface area contributed by atoms with E-state index in [9.17, 15) is 4.79 Å². The fourth-order valence-corrected chi connectivity index (χ4v) is 3.23. The predicted octanol–water partition coefficient (Wildman–Crippen LogP) is 3.32. The molecule has 1 aliphatic rings. The van der Waals surface area contributed by atoms with Crippen molar-refractivity contribution in [1.82, 2.24) is 9.97 Å². The first-order valence-corrected chi connectivity index (χ1v) is 8.70. The molecule has 0 spiro atoms. The highest BCUT2D eigenvalue weighted by Gasteiger charge is 2.20. The second-order valence-electron chi connectivity index (χ2n) is 6.38. The van der Waals surface area contributed by atoms with Gasteiger partial charge >= 0.3 is 0 Å². The largest absolute Gasteiger partial charge is 0.336 e. The zero-order valence-corrected chi connectivity index (χ0v) is 14.7. The van der Waals surface area contributed by atoms with Crippen LogP contribution in [0.1, 0.15) is 21.6 Å². The van der Waals surface area contributed by atoms with Gasteiger partial charge < -0.3 is 9.80 Å². The highest BCUT2D eigenvalue weighted by atomic mass is 16.2. The highest BCUT2D eigenvalue weighted by molar-refractivity contribution is 6.04. The number of carbonyl (C=O) groups excluding carboxylic acids is 1. The summed E-state index contributed by atoms with van der Waals surface area (Å²) in [5.41, 5.74) is 3.91. The Morgan fingerprint density at radius 3 is 2.54 bits per heavy atom.